The predicted molar refractivity (Wildman–Crippen MR) is 107 cm³/mol. The van der Waals surface area contributed by atoms with Gasteiger partial charge in [-0.15, -0.1) is 0 Å². The molecule has 1 aliphatic heterocycles. The van der Waals surface area contributed by atoms with E-state index in [1.54, 1.807) is 7.11 Å². The molecule has 0 aromatic carbocycles. The number of rotatable bonds is 9. The van der Waals surface area contributed by atoms with Gasteiger partial charge < -0.3 is 26.0 Å². The van der Waals surface area contributed by atoms with Crippen LogP contribution >= 0.6 is 0 Å². The van der Waals surface area contributed by atoms with E-state index in [9.17, 15) is 0 Å². The summed E-state index contributed by atoms with van der Waals surface area (Å²) >= 11 is 0. The quantitative estimate of drug-likeness (QED) is 0.398. The van der Waals surface area contributed by atoms with Gasteiger partial charge >= 0.3 is 0 Å². The summed E-state index contributed by atoms with van der Waals surface area (Å²) in [6.45, 7) is 10.9. The number of nitrogens with zero attached hydrogens (tertiary/aromatic N) is 2. The van der Waals surface area contributed by atoms with Crippen LogP contribution < -0.4 is 21.3 Å². The van der Waals surface area contributed by atoms with E-state index in [1.807, 2.05) is 32.2 Å². The number of aromatic nitrogens is 2. The van der Waals surface area contributed by atoms with E-state index in [4.69, 9.17) is 4.74 Å². The minimum absolute atomic E-state index is 0.513. The van der Waals surface area contributed by atoms with E-state index < -0.39 is 0 Å². The molecule has 4 N–H and O–H groups in total. The second-order valence-electron chi connectivity index (χ2n) is 6.37. The lowest BCUT2D eigenvalue weighted by molar-refractivity contribution is 0.300. The van der Waals surface area contributed by atoms with Crippen LogP contribution in [0.1, 0.15) is 19.0 Å². The molecule has 7 heteroatoms. The van der Waals surface area contributed by atoms with Gasteiger partial charge in [0.15, 0.2) is 0 Å². The van der Waals surface area contributed by atoms with Crippen LogP contribution in [0.3, 0.4) is 0 Å². The van der Waals surface area contributed by atoms with E-state index in [0.717, 1.165) is 48.9 Å². The Hall–Kier alpha value is -2.38. The summed E-state index contributed by atoms with van der Waals surface area (Å²) in [5.74, 6) is 2.10. The van der Waals surface area contributed by atoms with E-state index in [-0.39, 0.29) is 0 Å². The Labute approximate surface area is 156 Å². The molecule has 0 aliphatic carbocycles. The zero-order valence-electron chi connectivity index (χ0n) is 16.1. The molecule has 2 heterocycles. The summed E-state index contributed by atoms with van der Waals surface area (Å²) in [6.07, 6.45) is 4.94. The van der Waals surface area contributed by atoms with Crippen molar-refractivity contribution in [2.45, 2.75) is 26.3 Å². The van der Waals surface area contributed by atoms with Gasteiger partial charge in [-0.25, -0.2) is 4.98 Å². The number of aryl methyl sites for hydroxylation is 1. The molecular weight excluding hydrogens is 328 g/mol. The number of allylic oxidation sites excluding steroid dienone is 2. The third-order valence-corrected chi connectivity index (χ3v) is 4.18. The number of hydrogen-bond donors (Lipinski definition) is 4. The van der Waals surface area contributed by atoms with Crippen molar-refractivity contribution in [3.63, 3.8) is 0 Å². The maximum atomic E-state index is 5.51. The molecular formula is C19H30N6O. The first-order valence-corrected chi connectivity index (χ1v) is 8.87. The van der Waals surface area contributed by atoms with Crippen molar-refractivity contribution in [2.24, 2.45) is 0 Å². The van der Waals surface area contributed by atoms with Crippen molar-refractivity contribution in [1.82, 2.24) is 20.6 Å². The van der Waals surface area contributed by atoms with Gasteiger partial charge in [0.2, 0.25) is 5.95 Å². The number of ether oxygens (including phenoxy) is 1. The molecule has 0 radical (unpaired) electrons. The third-order valence-electron chi connectivity index (χ3n) is 4.18. The predicted octanol–water partition coefficient (Wildman–Crippen LogP) is 2.18. The molecule has 0 amide bonds. The SMILES string of the molecule is C=C(/C=C\C(OC)=C(/C)CN[C@H]1CCNC1)Nc1nc(C)cc(NC)n1. The smallest absolute Gasteiger partial charge is 0.229 e. The summed E-state index contributed by atoms with van der Waals surface area (Å²) in [4.78, 5) is 8.72. The molecule has 0 spiro atoms. The molecule has 26 heavy (non-hydrogen) atoms. The van der Waals surface area contributed by atoms with Crippen molar-refractivity contribution >= 4 is 11.8 Å². The fourth-order valence-electron chi connectivity index (χ4n) is 2.71. The lowest BCUT2D eigenvalue weighted by atomic mass is 10.2. The lowest BCUT2D eigenvalue weighted by Crippen LogP contribution is -2.32. The third kappa shape index (κ3) is 6.16. The molecule has 1 saturated heterocycles. The van der Waals surface area contributed by atoms with Crippen LogP contribution in [0.2, 0.25) is 0 Å². The van der Waals surface area contributed by atoms with Crippen molar-refractivity contribution in [2.75, 3.05) is 44.4 Å². The van der Waals surface area contributed by atoms with Crippen molar-refractivity contribution in [1.29, 1.82) is 0 Å². The highest BCUT2D eigenvalue weighted by molar-refractivity contribution is 5.46. The highest BCUT2D eigenvalue weighted by Crippen LogP contribution is 2.12. The molecule has 1 atom stereocenters. The second kappa shape index (κ2) is 9.94. The topological polar surface area (TPSA) is 83.1 Å². The second-order valence-corrected chi connectivity index (χ2v) is 6.37. The van der Waals surface area contributed by atoms with E-state index in [1.165, 1.54) is 0 Å². The number of methoxy groups -OCH3 is 1. The standard InChI is InChI=1S/C19H30N6O/c1-13(11-22-16-8-9-21-12-16)17(26-5)7-6-14(2)23-19-24-15(3)10-18(20-4)25-19/h6-7,10,16,21-22H,2,8-9,11-12H2,1,3-5H3,(H2,20,23,24,25)/b7-6-,17-13-/t16-/m0/s1. The number of anilines is 2. The highest BCUT2D eigenvalue weighted by atomic mass is 16.5. The zero-order valence-corrected chi connectivity index (χ0v) is 16.1. The normalized spacial score (nSPS) is 17.9. The molecule has 0 saturated carbocycles. The fourth-order valence-corrected chi connectivity index (χ4v) is 2.71. The summed E-state index contributed by atoms with van der Waals surface area (Å²) in [5, 5.41) is 13.0. The Morgan fingerprint density at radius 2 is 2.23 bits per heavy atom. The first-order valence-electron chi connectivity index (χ1n) is 8.87. The highest BCUT2D eigenvalue weighted by Gasteiger charge is 2.13. The van der Waals surface area contributed by atoms with Crippen LogP contribution in [0.5, 0.6) is 0 Å². The Balaban J connectivity index is 1.95. The van der Waals surface area contributed by atoms with Crippen LogP contribution in [0.25, 0.3) is 0 Å². The Morgan fingerprint density at radius 1 is 1.42 bits per heavy atom. The average Bonchev–Trinajstić information content (AvgIpc) is 3.13. The summed E-state index contributed by atoms with van der Waals surface area (Å²) in [6, 6.07) is 2.41. The first kappa shape index (κ1) is 19.9. The number of nitrogens with one attached hydrogen (secondary N) is 4. The van der Waals surface area contributed by atoms with Gasteiger partial charge in [0, 0.05) is 43.6 Å². The minimum atomic E-state index is 0.513. The molecule has 0 unspecified atom stereocenters. The lowest BCUT2D eigenvalue weighted by Gasteiger charge is -2.13. The van der Waals surface area contributed by atoms with Crippen LogP contribution in [-0.4, -0.2) is 49.8 Å². The molecule has 142 valence electrons. The van der Waals surface area contributed by atoms with E-state index in [2.05, 4.69) is 44.7 Å². The summed E-state index contributed by atoms with van der Waals surface area (Å²) < 4.78 is 5.51. The van der Waals surface area contributed by atoms with Gasteiger partial charge in [0.1, 0.15) is 11.6 Å². The molecule has 2 rings (SSSR count). The largest absolute Gasteiger partial charge is 0.497 e. The molecule has 1 aliphatic rings. The van der Waals surface area contributed by atoms with E-state index >= 15 is 0 Å². The van der Waals surface area contributed by atoms with Gasteiger partial charge in [-0.05, 0) is 44.5 Å². The van der Waals surface area contributed by atoms with Gasteiger partial charge in [-0.3, -0.25) is 0 Å². The molecule has 7 nitrogen and oxygen atoms in total. The fraction of sp³-hybridized carbons (Fsp3) is 0.474. The maximum absolute atomic E-state index is 5.51. The van der Waals surface area contributed by atoms with Crippen molar-refractivity contribution in [3.05, 3.63) is 47.5 Å². The Kier molecular flexibility index (Phi) is 7.62. The van der Waals surface area contributed by atoms with Crippen LogP contribution in [0.4, 0.5) is 11.8 Å². The first-order chi connectivity index (χ1) is 12.5. The van der Waals surface area contributed by atoms with Crippen LogP contribution in [-0.2, 0) is 4.74 Å². The van der Waals surface area contributed by atoms with Crippen molar-refractivity contribution < 1.29 is 4.74 Å². The summed E-state index contributed by atoms with van der Waals surface area (Å²) in [5.41, 5.74) is 2.71. The van der Waals surface area contributed by atoms with Crippen molar-refractivity contribution in [3.8, 4) is 0 Å². The summed E-state index contributed by atoms with van der Waals surface area (Å²) in [7, 11) is 3.51. The zero-order chi connectivity index (χ0) is 18.9. The average molecular weight is 358 g/mol. The van der Waals surface area contributed by atoms with Gasteiger partial charge in [0.25, 0.3) is 0 Å². The number of hydrogen-bond acceptors (Lipinski definition) is 7. The molecule has 1 aromatic heterocycles. The Bertz CT molecular complexity index is 677. The molecule has 1 aromatic rings. The molecule has 0 bridgehead atoms. The van der Waals surface area contributed by atoms with Gasteiger partial charge in [-0.1, -0.05) is 6.58 Å². The van der Waals surface area contributed by atoms with E-state index in [0.29, 0.717) is 17.7 Å². The van der Waals surface area contributed by atoms with Crippen LogP contribution in [0.15, 0.2) is 41.8 Å². The molecule has 1 fully saturated rings. The van der Waals surface area contributed by atoms with Gasteiger partial charge in [0.05, 0.1) is 7.11 Å². The minimum Gasteiger partial charge on any atom is -0.497 e. The van der Waals surface area contributed by atoms with Gasteiger partial charge in [-0.2, -0.15) is 4.98 Å². The Morgan fingerprint density at radius 3 is 2.88 bits per heavy atom. The monoisotopic (exact) mass is 358 g/mol. The maximum Gasteiger partial charge on any atom is 0.229 e. The van der Waals surface area contributed by atoms with Crippen LogP contribution in [0, 0.1) is 6.92 Å².